The molecule has 0 unspecified atom stereocenters. The van der Waals surface area contributed by atoms with Gasteiger partial charge in [0.2, 0.25) is 10.0 Å². The molecule has 1 saturated heterocycles. The molecule has 8 heteroatoms. The zero-order valence-electron chi connectivity index (χ0n) is 25.2. The Morgan fingerprint density at radius 1 is 0.977 bits per heavy atom. The topological polar surface area (TPSA) is 87.7 Å². The number of ether oxygens (including phenoxy) is 1. The summed E-state index contributed by atoms with van der Waals surface area (Å²) < 4.78 is 36.8. The number of benzene rings is 4. The van der Waals surface area contributed by atoms with E-state index < -0.39 is 21.7 Å². The van der Waals surface area contributed by atoms with Gasteiger partial charge in [-0.1, -0.05) is 54.6 Å². The standard InChI is InChI=1S/C35H39N3O4S/c1-23-10-7-11-24(2)33(23)36-22-27-14-9-19-38(27)34(39)26-17-18-31-29(20-26)30(21-35(3,4)42-31)37-43(40,41)32-16-8-13-25-12-5-6-15-28(25)32/h5-8,10-13,15-18,20,27,30,36-37H,9,14,19,21-22H2,1-4H3/t27-,30+/m1/s1. The molecule has 4 aromatic carbocycles. The van der Waals surface area contributed by atoms with Gasteiger partial charge in [0.15, 0.2) is 0 Å². The number of amides is 1. The molecule has 1 fully saturated rings. The van der Waals surface area contributed by atoms with Crippen LogP contribution in [-0.2, 0) is 10.0 Å². The van der Waals surface area contributed by atoms with Crippen molar-refractivity contribution in [2.75, 3.05) is 18.4 Å². The van der Waals surface area contributed by atoms with Crippen LogP contribution in [0.1, 0.15) is 66.2 Å². The molecule has 224 valence electrons. The van der Waals surface area contributed by atoms with Crippen molar-refractivity contribution in [1.82, 2.24) is 9.62 Å². The molecule has 0 bridgehead atoms. The zero-order chi connectivity index (χ0) is 30.4. The van der Waals surface area contributed by atoms with Crippen LogP contribution < -0.4 is 14.8 Å². The predicted molar refractivity (Wildman–Crippen MR) is 171 cm³/mol. The molecule has 2 heterocycles. The van der Waals surface area contributed by atoms with Crippen molar-refractivity contribution in [2.24, 2.45) is 0 Å². The molecule has 0 saturated carbocycles. The fourth-order valence-corrected chi connectivity index (χ4v) is 8.01. The summed E-state index contributed by atoms with van der Waals surface area (Å²) in [5.74, 6) is 0.544. The van der Waals surface area contributed by atoms with Gasteiger partial charge in [0.25, 0.3) is 5.91 Å². The molecular weight excluding hydrogens is 558 g/mol. The van der Waals surface area contributed by atoms with Crippen molar-refractivity contribution in [1.29, 1.82) is 0 Å². The van der Waals surface area contributed by atoms with Crippen LogP contribution >= 0.6 is 0 Å². The Morgan fingerprint density at radius 3 is 2.49 bits per heavy atom. The van der Waals surface area contributed by atoms with E-state index in [1.165, 1.54) is 11.1 Å². The fourth-order valence-electron chi connectivity index (χ4n) is 6.57. The van der Waals surface area contributed by atoms with Crippen molar-refractivity contribution in [3.8, 4) is 5.75 Å². The first-order chi connectivity index (χ1) is 20.5. The van der Waals surface area contributed by atoms with Crippen LogP contribution in [-0.4, -0.2) is 44.0 Å². The molecule has 4 aromatic rings. The highest BCUT2D eigenvalue weighted by Gasteiger charge is 2.38. The zero-order valence-corrected chi connectivity index (χ0v) is 26.0. The maximum absolute atomic E-state index is 13.9. The van der Waals surface area contributed by atoms with Gasteiger partial charge in [0.1, 0.15) is 11.4 Å². The first kappa shape index (κ1) is 29.2. The summed E-state index contributed by atoms with van der Waals surface area (Å²) in [7, 11) is -3.89. The van der Waals surface area contributed by atoms with Crippen molar-refractivity contribution in [3.63, 3.8) is 0 Å². The molecule has 2 aliphatic rings. The second-order valence-electron chi connectivity index (χ2n) is 12.4. The van der Waals surface area contributed by atoms with Gasteiger partial charge in [-0.05, 0) is 81.3 Å². The van der Waals surface area contributed by atoms with Gasteiger partial charge in [-0.15, -0.1) is 0 Å². The number of fused-ring (bicyclic) bond motifs is 2. The van der Waals surface area contributed by atoms with Crippen molar-refractivity contribution >= 4 is 32.4 Å². The minimum atomic E-state index is -3.89. The van der Waals surface area contributed by atoms with E-state index in [0.717, 1.165) is 23.9 Å². The molecule has 1 amide bonds. The number of carbonyl (C=O) groups excluding carboxylic acids is 1. The number of para-hydroxylation sites is 1. The van der Waals surface area contributed by atoms with Gasteiger partial charge in [0, 0.05) is 47.8 Å². The number of hydrogen-bond acceptors (Lipinski definition) is 5. The average molecular weight is 598 g/mol. The summed E-state index contributed by atoms with van der Waals surface area (Å²) in [5, 5.41) is 5.12. The smallest absolute Gasteiger partial charge is 0.254 e. The molecule has 0 aromatic heterocycles. The molecule has 6 rings (SSSR count). The highest BCUT2D eigenvalue weighted by Crippen LogP contribution is 2.41. The molecular formula is C35H39N3O4S. The number of nitrogens with one attached hydrogen (secondary N) is 2. The average Bonchev–Trinajstić information content (AvgIpc) is 3.44. The Balaban J connectivity index is 1.27. The van der Waals surface area contributed by atoms with Crippen molar-refractivity contribution in [2.45, 2.75) is 69.5 Å². The van der Waals surface area contributed by atoms with E-state index in [1.54, 1.807) is 18.2 Å². The van der Waals surface area contributed by atoms with E-state index in [1.807, 2.05) is 61.2 Å². The van der Waals surface area contributed by atoms with Gasteiger partial charge in [-0.25, -0.2) is 13.1 Å². The fraction of sp³-hybridized carbons (Fsp3) is 0.343. The number of nitrogens with zero attached hydrogens (tertiary/aromatic N) is 1. The number of likely N-dealkylation sites (tertiary alicyclic amines) is 1. The van der Waals surface area contributed by atoms with Gasteiger partial charge in [0.05, 0.1) is 10.9 Å². The van der Waals surface area contributed by atoms with E-state index in [9.17, 15) is 13.2 Å². The second-order valence-corrected chi connectivity index (χ2v) is 14.1. The highest BCUT2D eigenvalue weighted by atomic mass is 32.2. The lowest BCUT2D eigenvalue weighted by molar-refractivity contribution is 0.0696. The van der Waals surface area contributed by atoms with Gasteiger partial charge in [-0.3, -0.25) is 4.79 Å². The minimum absolute atomic E-state index is 0.0471. The van der Waals surface area contributed by atoms with Crippen molar-refractivity contribution in [3.05, 3.63) is 101 Å². The molecule has 0 radical (unpaired) electrons. The highest BCUT2D eigenvalue weighted by molar-refractivity contribution is 7.89. The van der Waals surface area contributed by atoms with Crippen LogP contribution in [0.3, 0.4) is 0 Å². The van der Waals surface area contributed by atoms with Gasteiger partial charge < -0.3 is 15.0 Å². The molecule has 7 nitrogen and oxygen atoms in total. The van der Waals surface area contributed by atoms with Gasteiger partial charge >= 0.3 is 0 Å². The van der Waals surface area contributed by atoms with Gasteiger partial charge in [-0.2, -0.15) is 0 Å². The largest absolute Gasteiger partial charge is 0.487 e. The number of carbonyl (C=O) groups is 1. The SMILES string of the molecule is Cc1cccc(C)c1NC[C@H]1CCCN1C(=O)c1ccc2c(c1)[C@@H](NS(=O)(=O)c1cccc3ccccc13)CC(C)(C)O2. The van der Waals surface area contributed by atoms with Crippen LogP contribution in [0.15, 0.2) is 83.8 Å². The lowest BCUT2D eigenvalue weighted by Gasteiger charge is -2.38. The molecule has 2 N–H and O–H groups in total. The van der Waals surface area contributed by atoms with Crippen LogP contribution in [0.4, 0.5) is 5.69 Å². The summed E-state index contributed by atoms with van der Waals surface area (Å²) in [4.78, 5) is 16.1. The predicted octanol–water partition coefficient (Wildman–Crippen LogP) is 6.75. The van der Waals surface area contributed by atoms with E-state index in [-0.39, 0.29) is 16.8 Å². The van der Waals surface area contributed by atoms with E-state index in [2.05, 4.69) is 42.1 Å². The number of aryl methyl sites for hydroxylation is 2. The first-order valence-electron chi connectivity index (χ1n) is 15.0. The quantitative estimate of drug-likeness (QED) is 0.246. The summed E-state index contributed by atoms with van der Waals surface area (Å²) in [6.07, 6.45) is 2.30. The Morgan fingerprint density at radius 2 is 1.70 bits per heavy atom. The van der Waals surface area contributed by atoms with Crippen molar-refractivity contribution < 1.29 is 17.9 Å². The summed E-state index contributed by atoms with van der Waals surface area (Å²) in [6.45, 7) is 9.45. The molecule has 0 spiro atoms. The monoisotopic (exact) mass is 597 g/mol. The third-order valence-electron chi connectivity index (χ3n) is 8.68. The summed E-state index contributed by atoms with van der Waals surface area (Å²) in [5.41, 5.74) is 4.12. The number of rotatable bonds is 7. The Kier molecular flexibility index (Phi) is 7.69. The Hall–Kier alpha value is -3.88. The Bertz CT molecular complexity index is 1770. The van der Waals surface area contributed by atoms with E-state index >= 15 is 0 Å². The van der Waals surface area contributed by atoms with E-state index in [0.29, 0.717) is 41.8 Å². The molecule has 0 aliphatic carbocycles. The lowest BCUT2D eigenvalue weighted by atomic mass is 9.89. The number of anilines is 1. The molecule has 2 atom stereocenters. The first-order valence-corrected chi connectivity index (χ1v) is 16.4. The normalized spacial score (nSPS) is 19.6. The van der Waals surface area contributed by atoms with Crippen LogP contribution in [0.25, 0.3) is 10.8 Å². The maximum Gasteiger partial charge on any atom is 0.254 e. The van der Waals surface area contributed by atoms with Crippen LogP contribution in [0.2, 0.25) is 0 Å². The van der Waals surface area contributed by atoms with Crippen LogP contribution in [0, 0.1) is 13.8 Å². The van der Waals surface area contributed by atoms with Crippen LogP contribution in [0.5, 0.6) is 5.75 Å². The third-order valence-corrected chi connectivity index (χ3v) is 10.2. The minimum Gasteiger partial charge on any atom is -0.487 e. The number of sulfonamides is 1. The summed E-state index contributed by atoms with van der Waals surface area (Å²) in [6, 6.07) is 23.9. The second kappa shape index (κ2) is 11.3. The molecule has 43 heavy (non-hydrogen) atoms. The number of hydrogen-bond donors (Lipinski definition) is 2. The lowest BCUT2D eigenvalue weighted by Crippen LogP contribution is -2.42. The van der Waals surface area contributed by atoms with E-state index in [4.69, 9.17) is 4.74 Å². The molecule has 2 aliphatic heterocycles. The third kappa shape index (κ3) is 5.86. The summed E-state index contributed by atoms with van der Waals surface area (Å²) >= 11 is 0. The Labute approximate surface area is 254 Å². The maximum atomic E-state index is 13.9.